The summed E-state index contributed by atoms with van der Waals surface area (Å²) in [6, 6.07) is 14.6. The standard InChI is InChI=1S/C24H26N4O2/c1-14(2)18-9-10-20-19(12-18)25-21-22(26-24(30)27-23(21)29)28(20)13-16(4)11-17-7-5-15(3)6-8-17/h5-10,12,14,16H,11,13H2,1-4H3,(H,27,29,30). The fourth-order valence-corrected chi connectivity index (χ4v) is 3.86. The third-order valence-corrected chi connectivity index (χ3v) is 5.50. The quantitative estimate of drug-likeness (QED) is 0.514. The number of hydrogen-bond donors (Lipinski definition) is 1. The van der Waals surface area contributed by atoms with Crippen molar-refractivity contribution in [3.05, 3.63) is 80.0 Å². The summed E-state index contributed by atoms with van der Waals surface area (Å²) in [4.78, 5) is 35.3. The second-order valence-corrected chi connectivity index (χ2v) is 8.46. The van der Waals surface area contributed by atoms with Gasteiger partial charge in [0.1, 0.15) is 0 Å². The summed E-state index contributed by atoms with van der Waals surface area (Å²) in [7, 11) is 0. The van der Waals surface area contributed by atoms with Crippen molar-refractivity contribution >= 4 is 11.0 Å². The average molecular weight is 402 g/mol. The summed E-state index contributed by atoms with van der Waals surface area (Å²) in [5.74, 6) is 0.956. The summed E-state index contributed by atoms with van der Waals surface area (Å²) in [6.45, 7) is 9.11. The predicted molar refractivity (Wildman–Crippen MR) is 119 cm³/mol. The fraction of sp³-hybridized carbons (Fsp3) is 0.333. The highest BCUT2D eigenvalue weighted by Gasteiger charge is 2.20. The van der Waals surface area contributed by atoms with Crippen LogP contribution in [0.1, 0.15) is 43.4 Å². The van der Waals surface area contributed by atoms with Crippen LogP contribution in [0.4, 0.5) is 0 Å². The first kappa shape index (κ1) is 20.0. The lowest BCUT2D eigenvalue weighted by molar-refractivity contribution is 0.485. The molecule has 1 N–H and O–H groups in total. The van der Waals surface area contributed by atoms with Gasteiger partial charge in [-0.25, -0.2) is 9.78 Å². The highest BCUT2D eigenvalue weighted by Crippen LogP contribution is 2.26. The van der Waals surface area contributed by atoms with Crippen molar-refractivity contribution in [3.8, 4) is 11.5 Å². The van der Waals surface area contributed by atoms with Gasteiger partial charge in [-0.3, -0.25) is 9.78 Å². The maximum atomic E-state index is 12.5. The van der Waals surface area contributed by atoms with Gasteiger partial charge in [-0.1, -0.05) is 56.7 Å². The van der Waals surface area contributed by atoms with Crippen LogP contribution in [0, 0.1) is 12.8 Å². The highest BCUT2D eigenvalue weighted by molar-refractivity contribution is 5.80. The molecule has 154 valence electrons. The van der Waals surface area contributed by atoms with E-state index in [1.165, 1.54) is 11.1 Å². The minimum absolute atomic E-state index is 0.200. The predicted octanol–water partition coefficient (Wildman–Crippen LogP) is 3.90. The van der Waals surface area contributed by atoms with Crippen LogP contribution in [0.5, 0.6) is 0 Å². The van der Waals surface area contributed by atoms with Gasteiger partial charge in [0.05, 0.1) is 11.0 Å². The van der Waals surface area contributed by atoms with Crippen LogP contribution in [0.15, 0.2) is 52.1 Å². The van der Waals surface area contributed by atoms with Gasteiger partial charge in [0.25, 0.3) is 5.56 Å². The number of hydrogen-bond acceptors (Lipinski definition) is 4. The van der Waals surface area contributed by atoms with E-state index in [4.69, 9.17) is 0 Å². The van der Waals surface area contributed by atoms with Crippen molar-refractivity contribution in [2.24, 2.45) is 5.92 Å². The van der Waals surface area contributed by atoms with E-state index in [-0.39, 0.29) is 11.6 Å². The van der Waals surface area contributed by atoms with Gasteiger partial charge >= 0.3 is 5.69 Å². The Morgan fingerprint density at radius 1 is 1.00 bits per heavy atom. The normalized spacial score (nSPS) is 12.7. The number of nitrogens with zero attached hydrogens (tertiary/aromatic N) is 3. The zero-order valence-corrected chi connectivity index (χ0v) is 17.8. The number of fused-ring (bicyclic) bond motifs is 2. The Labute approximate surface area is 175 Å². The zero-order valence-electron chi connectivity index (χ0n) is 17.8. The third-order valence-electron chi connectivity index (χ3n) is 5.50. The largest absolute Gasteiger partial charge is 0.349 e. The Hall–Kier alpha value is -3.28. The van der Waals surface area contributed by atoms with Crippen molar-refractivity contribution in [2.75, 3.05) is 0 Å². The van der Waals surface area contributed by atoms with Gasteiger partial charge in [0, 0.05) is 6.54 Å². The first-order chi connectivity index (χ1) is 14.3. The second-order valence-electron chi connectivity index (χ2n) is 8.46. The van der Waals surface area contributed by atoms with Crippen LogP contribution in [0.3, 0.4) is 0 Å². The van der Waals surface area contributed by atoms with E-state index in [2.05, 4.69) is 73.0 Å². The Kier molecular flexibility index (Phi) is 5.24. The van der Waals surface area contributed by atoms with E-state index in [0.29, 0.717) is 18.3 Å². The van der Waals surface area contributed by atoms with Crippen molar-refractivity contribution in [1.82, 2.24) is 19.5 Å². The first-order valence-electron chi connectivity index (χ1n) is 10.3. The van der Waals surface area contributed by atoms with Gasteiger partial charge in [0.2, 0.25) is 0 Å². The number of aromatic nitrogens is 4. The van der Waals surface area contributed by atoms with E-state index in [9.17, 15) is 9.59 Å². The number of rotatable bonds is 5. The van der Waals surface area contributed by atoms with Gasteiger partial charge in [0.15, 0.2) is 11.5 Å². The molecule has 2 aliphatic heterocycles. The number of aryl methyl sites for hydroxylation is 1. The number of aromatic amines is 1. The average Bonchev–Trinajstić information content (AvgIpc) is 2.70. The molecule has 2 aromatic rings. The molecule has 0 saturated heterocycles. The molecule has 6 nitrogen and oxygen atoms in total. The molecule has 2 aromatic carbocycles. The van der Waals surface area contributed by atoms with E-state index >= 15 is 0 Å². The van der Waals surface area contributed by atoms with Gasteiger partial charge < -0.3 is 4.57 Å². The molecule has 0 bridgehead atoms. The summed E-state index contributed by atoms with van der Waals surface area (Å²) >= 11 is 0. The van der Waals surface area contributed by atoms with E-state index in [1.807, 2.05) is 16.7 Å². The lowest BCUT2D eigenvalue weighted by atomic mass is 9.99. The fourth-order valence-electron chi connectivity index (χ4n) is 3.86. The molecule has 30 heavy (non-hydrogen) atoms. The smallest absolute Gasteiger partial charge is 0.322 e. The molecule has 1 atom stereocenters. The maximum Gasteiger partial charge on any atom is 0.349 e. The SMILES string of the molecule is Cc1ccc(CC(C)Cn2c3nc(=O)[nH]c(=O)c-3nc3cc(C(C)C)ccc32)cc1. The molecule has 4 rings (SSSR count). The van der Waals surface area contributed by atoms with Crippen molar-refractivity contribution < 1.29 is 0 Å². The van der Waals surface area contributed by atoms with E-state index in [1.54, 1.807) is 0 Å². The van der Waals surface area contributed by atoms with E-state index < -0.39 is 11.2 Å². The molecule has 1 unspecified atom stereocenters. The van der Waals surface area contributed by atoms with E-state index in [0.717, 1.165) is 23.0 Å². The maximum absolute atomic E-state index is 12.5. The molecule has 0 aromatic heterocycles. The molecule has 2 heterocycles. The molecule has 0 radical (unpaired) electrons. The Bertz CT molecular complexity index is 1290. The lowest BCUT2D eigenvalue weighted by Crippen LogP contribution is -2.29. The summed E-state index contributed by atoms with van der Waals surface area (Å²) in [5, 5.41) is 0. The molecule has 0 amide bonds. The van der Waals surface area contributed by atoms with Crippen molar-refractivity contribution in [1.29, 1.82) is 0 Å². The molecule has 0 spiro atoms. The number of nitrogens with one attached hydrogen (secondary N) is 1. The monoisotopic (exact) mass is 402 g/mol. The van der Waals surface area contributed by atoms with Crippen molar-refractivity contribution in [2.45, 2.75) is 46.6 Å². The Morgan fingerprint density at radius 2 is 1.73 bits per heavy atom. The minimum atomic E-state index is -0.646. The van der Waals surface area contributed by atoms with Crippen LogP contribution in [-0.4, -0.2) is 19.5 Å². The molecule has 6 heteroatoms. The summed E-state index contributed by atoms with van der Waals surface area (Å²) in [6.07, 6.45) is 0.885. The number of H-pyrrole nitrogens is 1. The van der Waals surface area contributed by atoms with Gasteiger partial charge in [-0.05, 0) is 48.4 Å². The van der Waals surface area contributed by atoms with Gasteiger partial charge in [-0.15, -0.1) is 0 Å². The van der Waals surface area contributed by atoms with Crippen LogP contribution >= 0.6 is 0 Å². The van der Waals surface area contributed by atoms with Crippen molar-refractivity contribution in [3.63, 3.8) is 0 Å². The molecular formula is C24H26N4O2. The topological polar surface area (TPSA) is 80.6 Å². The minimum Gasteiger partial charge on any atom is -0.322 e. The van der Waals surface area contributed by atoms with Crippen LogP contribution in [0.2, 0.25) is 0 Å². The zero-order chi connectivity index (χ0) is 21.4. The molecular weight excluding hydrogens is 376 g/mol. The Morgan fingerprint density at radius 3 is 2.43 bits per heavy atom. The number of benzene rings is 2. The molecule has 0 fully saturated rings. The third kappa shape index (κ3) is 3.90. The van der Waals surface area contributed by atoms with Crippen LogP contribution in [0.25, 0.3) is 22.6 Å². The summed E-state index contributed by atoms with van der Waals surface area (Å²) in [5.41, 5.74) is 4.31. The summed E-state index contributed by atoms with van der Waals surface area (Å²) < 4.78 is 1.97. The molecule has 0 saturated carbocycles. The second kappa shape index (κ2) is 7.86. The lowest BCUT2D eigenvalue weighted by Gasteiger charge is -2.21. The van der Waals surface area contributed by atoms with Crippen LogP contribution < -0.4 is 11.2 Å². The first-order valence-corrected chi connectivity index (χ1v) is 10.3. The highest BCUT2D eigenvalue weighted by atomic mass is 16.2. The molecule has 2 aliphatic rings. The Balaban J connectivity index is 1.83. The van der Waals surface area contributed by atoms with Crippen LogP contribution in [-0.2, 0) is 13.0 Å². The van der Waals surface area contributed by atoms with Gasteiger partial charge in [-0.2, -0.15) is 4.98 Å². The molecule has 0 aliphatic carbocycles.